The lowest BCUT2D eigenvalue weighted by atomic mass is 9.97. The average Bonchev–Trinajstić information content (AvgIpc) is 3.30. The molecule has 1 aliphatic carbocycles. The number of pyridine rings is 1. The molecule has 2 aliphatic rings. The monoisotopic (exact) mass is 600 g/mol. The molecule has 3 aromatic rings. The van der Waals surface area contributed by atoms with Gasteiger partial charge in [-0.25, -0.2) is 21.8 Å². The highest BCUT2D eigenvalue weighted by molar-refractivity contribution is 7.90. The summed E-state index contributed by atoms with van der Waals surface area (Å²) in [5, 5.41) is 0. The number of hydrogen-bond acceptors (Lipinski definition) is 9. The van der Waals surface area contributed by atoms with Crippen LogP contribution < -0.4 is 18.9 Å². The van der Waals surface area contributed by atoms with Gasteiger partial charge in [-0.05, 0) is 61.6 Å². The fourth-order valence-corrected chi connectivity index (χ4v) is 7.13. The second-order valence-corrected chi connectivity index (χ2v) is 14.4. The minimum atomic E-state index is -3.60. The molecular weight excluding hydrogens is 568 g/mol. The van der Waals surface area contributed by atoms with Crippen LogP contribution in [0.15, 0.2) is 54.6 Å². The highest BCUT2D eigenvalue weighted by Crippen LogP contribution is 2.41. The van der Waals surface area contributed by atoms with E-state index in [-0.39, 0.29) is 36.6 Å². The number of ether oxygens (including phenoxy) is 3. The predicted octanol–water partition coefficient (Wildman–Crippen LogP) is 4.00. The van der Waals surface area contributed by atoms with Gasteiger partial charge in [0.2, 0.25) is 21.8 Å². The number of hydrogen-bond donors (Lipinski definition) is 1. The summed E-state index contributed by atoms with van der Waals surface area (Å²) < 4.78 is 66.6. The van der Waals surface area contributed by atoms with Crippen LogP contribution in [0, 0.1) is 6.92 Å². The van der Waals surface area contributed by atoms with E-state index < -0.39 is 25.8 Å². The maximum atomic E-state index is 11.9. The van der Waals surface area contributed by atoms with E-state index >= 15 is 0 Å². The van der Waals surface area contributed by atoms with Gasteiger partial charge in [0.25, 0.3) is 0 Å². The van der Waals surface area contributed by atoms with Gasteiger partial charge in [-0.2, -0.15) is 0 Å². The predicted molar refractivity (Wildman–Crippen MR) is 153 cm³/mol. The SMILES string of the molecule is Cc1nc(OCCCS(C)(=O)=O)ccc1Oc1cccc2c1CC[C@H]2Oc1ccc(C2CC(=O)NS(=O)(=O)C2)cc1. The number of amides is 1. The van der Waals surface area contributed by atoms with Gasteiger partial charge in [-0.15, -0.1) is 0 Å². The molecule has 1 fully saturated rings. The van der Waals surface area contributed by atoms with Crippen LogP contribution in [0.3, 0.4) is 0 Å². The molecule has 1 aromatic heterocycles. The summed E-state index contributed by atoms with van der Waals surface area (Å²) in [5.41, 5.74) is 3.54. The number of carbonyl (C=O) groups is 1. The minimum absolute atomic E-state index is 0.0648. The number of benzene rings is 2. The van der Waals surface area contributed by atoms with Crippen molar-refractivity contribution in [1.29, 1.82) is 0 Å². The van der Waals surface area contributed by atoms with Gasteiger partial charge in [0.15, 0.2) is 0 Å². The Morgan fingerprint density at radius 3 is 2.54 bits per heavy atom. The zero-order valence-electron chi connectivity index (χ0n) is 22.8. The van der Waals surface area contributed by atoms with E-state index in [1.165, 1.54) is 6.26 Å². The van der Waals surface area contributed by atoms with Crippen LogP contribution in [0.4, 0.5) is 0 Å². The van der Waals surface area contributed by atoms with Gasteiger partial charge in [-0.1, -0.05) is 24.3 Å². The molecular formula is C29H32N2O8S2. The van der Waals surface area contributed by atoms with Crippen molar-refractivity contribution in [2.75, 3.05) is 24.4 Å². The Kier molecular flexibility index (Phi) is 8.23. The van der Waals surface area contributed by atoms with E-state index in [0.29, 0.717) is 29.5 Å². The number of fused-ring (bicyclic) bond motifs is 1. The molecule has 12 heteroatoms. The van der Waals surface area contributed by atoms with Crippen LogP contribution in [0.5, 0.6) is 23.1 Å². The normalized spacial score (nSPS) is 19.7. The third kappa shape index (κ3) is 7.36. The standard InChI is InChI=1S/C29H32N2O8S2/c1-19-25(13-14-29(30-19)37-15-4-16-40(2,33)34)39-26-6-3-5-23-24(26)11-12-27(23)38-22-9-7-20(8-10-22)21-17-28(32)31-41(35,36)18-21/h3,5-10,13-14,21,27H,4,11-12,15-18H2,1-2H3,(H,31,32)/t21?,27-/m1/s1. The van der Waals surface area contributed by atoms with E-state index in [0.717, 1.165) is 35.3 Å². The molecule has 0 radical (unpaired) electrons. The van der Waals surface area contributed by atoms with Crippen LogP contribution in [-0.2, 0) is 31.1 Å². The van der Waals surface area contributed by atoms with Crippen molar-refractivity contribution in [1.82, 2.24) is 9.71 Å². The summed E-state index contributed by atoms with van der Waals surface area (Å²) in [6, 6.07) is 16.6. The number of rotatable bonds is 10. The molecule has 5 rings (SSSR count). The van der Waals surface area contributed by atoms with Gasteiger partial charge in [0.05, 0.1) is 23.8 Å². The van der Waals surface area contributed by atoms with Gasteiger partial charge in [0.1, 0.15) is 33.2 Å². The number of carbonyl (C=O) groups excluding carboxylic acids is 1. The molecule has 2 atom stereocenters. The zero-order chi connectivity index (χ0) is 29.2. The van der Waals surface area contributed by atoms with Crippen molar-refractivity contribution in [2.45, 2.75) is 44.6 Å². The summed E-state index contributed by atoms with van der Waals surface area (Å²) in [4.78, 5) is 16.2. The molecule has 1 unspecified atom stereocenters. The van der Waals surface area contributed by atoms with Crippen molar-refractivity contribution >= 4 is 25.8 Å². The molecule has 0 bridgehead atoms. The Morgan fingerprint density at radius 1 is 1.05 bits per heavy atom. The maximum absolute atomic E-state index is 11.9. The van der Waals surface area contributed by atoms with Crippen LogP contribution in [-0.4, -0.2) is 52.1 Å². The van der Waals surface area contributed by atoms with Gasteiger partial charge >= 0.3 is 0 Å². The summed E-state index contributed by atoms with van der Waals surface area (Å²) >= 11 is 0. The average molecular weight is 601 g/mol. The minimum Gasteiger partial charge on any atom is -0.486 e. The first kappa shape index (κ1) is 28.9. The molecule has 0 spiro atoms. The fraction of sp³-hybridized carbons (Fsp3) is 0.379. The molecule has 2 aromatic carbocycles. The van der Waals surface area contributed by atoms with Crippen molar-refractivity contribution < 1.29 is 35.8 Å². The van der Waals surface area contributed by atoms with Crippen LogP contribution in [0.2, 0.25) is 0 Å². The third-order valence-corrected chi connectivity index (χ3v) is 9.48. The number of aryl methyl sites for hydroxylation is 1. The summed E-state index contributed by atoms with van der Waals surface area (Å²) in [7, 11) is -6.63. The lowest BCUT2D eigenvalue weighted by Crippen LogP contribution is -2.40. The zero-order valence-corrected chi connectivity index (χ0v) is 24.5. The lowest BCUT2D eigenvalue weighted by molar-refractivity contribution is -0.119. The molecule has 1 N–H and O–H groups in total. The van der Waals surface area contributed by atoms with E-state index in [1.54, 1.807) is 12.1 Å². The largest absolute Gasteiger partial charge is 0.486 e. The van der Waals surface area contributed by atoms with E-state index in [2.05, 4.69) is 4.98 Å². The lowest BCUT2D eigenvalue weighted by Gasteiger charge is -2.23. The van der Waals surface area contributed by atoms with Crippen LogP contribution in [0.1, 0.15) is 53.7 Å². The quantitative estimate of drug-likeness (QED) is 0.342. The Bertz CT molecular complexity index is 1650. The fourth-order valence-electron chi connectivity index (χ4n) is 5.13. The first-order valence-electron chi connectivity index (χ1n) is 13.3. The van der Waals surface area contributed by atoms with E-state index in [1.807, 2.05) is 54.1 Å². The molecule has 41 heavy (non-hydrogen) atoms. The molecule has 1 saturated heterocycles. The highest BCUT2D eigenvalue weighted by atomic mass is 32.2. The van der Waals surface area contributed by atoms with Crippen LogP contribution >= 0.6 is 0 Å². The van der Waals surface area contributed by atoms with Crippen LogP contribution in [0.25, 0.3) is 0 Å². The van der Waals surface area contributed by atoms with Crippen molar-refractivity contribution in [3.05, 3.63) is 77.0 Å². The molecule has 218 valence electrons. The molecule has 1 aliphatic heterocycles. The van der Waals surface area contributed by atoms with Gasteiger partial charge in [0, 0.05) is 30.2 Å². The first-order valence-corrected chi connectivity index (χ1v) is 17.0. The number of sulfonamides is 1. The van der Waals surface area contributed by atoms with Crippen molar-refractivity contribution in [3.8, 4) is 23.1 Å². The van der Waals surface area contributed by atoms with Gasteiger partial charge in [-0.3, -0.25) is 9.52 Å². The molecule has 0 saturated carbocycles. The number of aromatic nitrogens is 1. The van der Waals surface area contributed by atoms with Crippen molar-refractivity contribution in [2.24, 2.45) is 0 Å². The second kappa shape index (κ2) is 11.7. The Balaban J connectivity index is 1.22. The second-order valence-electron chi connectivity index (χ2n) is 10.4. The number of nitrogens with zero attached hydrogens (tertiary/aromatic N) is 1. The van der Waals surface area contributed by atoms with E-state index in [4.69, 9.17) is 14.2 Å². The Hall–Kier alpha value is -3.64. The molecule has 1 amide bonds. The maximum Gasteiger partial charge on any atom is 0.235 e. The Morgan fingerprint density at radius 2 is 1.83 bits per heavy atom. The summed E-state index contributed by atoms with van der Waals surface area (Å²) in [6.45, 7) is 2.09. The summed E-state index contributed by atoms with van der Waals surface area (Å²) in [5.74, 6) is 1.48. The highest BCUT2D eigenvalue weighted by Gasteiger charge is 2.31. The topological polar surface area (TPSA) is 138 Å². The van der Waals surface area contributed by atoms with Crippen molar-refractivity contribution in [3.63, 3.8) is 0 Å². The Labute approximate surface area is 240 Å². The number of nitrogens with one attached hydrogen (secondary N) is 1. The van der Waals surface area contributed by atoms with E-state index in [9.17, 15) is 21.6 Å². The molecule has 10 nitrogen and oxygen atoms in total. The summed E-state index contributed by atoms with van der Waals surface area (Å²) in [6.07, 6.45) is 3.11. The van der Waals surface area contributed by atoms with Gasteiger partial charge < -0.3 is 14.2 Å². The molecule has 2 heterocycles. The number of sulfone groups is 1. The third-order valence-electron chi connectivity index (χ3n) is 7.07. The first-order chi connectivity index (χ1) is 19.5. The smallest absolute Gasteiger partial charge is 0.235 e.